The van der Waals surface area contributed by atoms with Crippen LogP contribution in [0, 0.1) is 19.8 Å². The summed E-state index contributed by atoms with van der Waals surface area (Å²) in [5, 5.41) is 0. The zero-order chi connectivity index (χ0) is 18.6. The average Bonchev–Trinajstić information content (AvgIpc) is 3.00. The van der Waals surface area contributed by atoms with Crippen LogP contribution in [0.4, 0.5) is 5.82 Å². The van der Waals surface area contributed by atoms with Crippen molar-refractivity contribution in [2.75, 3.05) is 50.7 Å². The van der Waals surface area contributed by atoms with Gasteiger partial charge in [0.2, 0.25) is 5.89 Å². The number of aryl methyl sites for hydroxylation is 2. The number of anilines is 1. The van der Waals surface area contributed by atoms with Crippen LogP contribution in [-0.4, -0.2) is 65.6 Å². The van der Waals surface area contributed by atoms with Gasteiger partial charge in [-0.15, -0.1) is 0 Å². The molecule has 0 aromatic carbocycles. The van der Waals surface area contributed by atoms with Crippen molar-refractivity contribution in [2.24, 2.45) is 5.92 Å². The van der Waals surface area contributed by atoms with Crippen LogP contribution >= 0.6 is 0 Å². The molecule has 2 aromatic rings. The molecule has 0 saturated carbocycles. The fraction of sp³-hybridized carbons (Fsp3) is 0.619. The van der Waals surface area contributed by atoms with Gasteiger partial charge in [-0.25, -0.2) is 9.97 Å². The molecule has 1 atom stereocenters. The third-order valence-corrected chi connectivity index (χ3v) is 5.90. The lowest BCUT2D eigenvalue weighted by Gasteiger charge is -2.39. The van der Waals surface area contributed by atoms with Gasteiger partial charge in [0.05, 0.1) is 12.2 Å². The van der Waals surface area contributed by atoms with Crippen LogP contribution in [0.15, 0.2) is 28.8 Å². The van der Waals surface area contributed by atoms with Gasteiger partial charge in [-0.1, -0.05) is 6.07 Å². The minimum Gasteiger partial charge on any atom is -0.444 e. The van der Waals surface area contributed by atoms with E-state index in [0.29, 0.717) is 0 Å². The molecular formula is C21H31N5O. The highest BCUT2D eigenvalue weighted by atomic mass is 16.4. The van der Waals surface area contributed by atoms with E-state index in [-0.39, 0.29) is 0 Å². The number of pyridine rings is 1. The number of rotatable bonds is 5. The van der Waals surface area contributed by atoms with Crippen LogP contribution in [0.5, 0.6) is 0 Å². The van der Waals surface area contributed by atoms with Gasteiger partial charge >= 0.3 is 0 Å². The summed E-state index contributed by atoms with van der Waals surface area (Å²) in [6.07, 6.45) is 4.49. The molecule has 1 unspecified atom stereocenters. The molecule has 2 saturated heterocycles. The van der Waals surface area contributed by atoms with Crippen molar-refractivity contribution < 1.29 is 4.42 Å². The first-order valence-electron chi connectivity index (χ1n) is 10.2. The molecule has 6 heteroatoms. The Morgan fingerprint density at radius 2 is 1.93 bits per heavy atom. The average molecular weight is 370 g/mol. The molecule has 0 aliphatic carbocycles. The Labute approximate surface area is 162 Å². The fourth-order valence-electron chi connectivity index (χ4n) is 4.31. The number of oxazole rings is 1. The van der Waals surface area contributed by atoms with Gasteiger partial charge in [0.1, 0.15) is 11.6 Å². The monoisotopic (exact) mass is 369 g/mol. The van der Waals surface area contributed by atoms with Crippen molar-refractivity contribution in [3.8, 4) is 0 Å². The Kier molecular flexibility index (Phi) is 5.74. The highest BCUT2D eigenvalue weighted by molar-refractivity contribution is 5.38. The highest BCUT2D eigenvalue weighted by Gasteiger charge is 2.25. The maximum absolute atomic E-state index is 5.78. The van der Waals surface area contributed by atoms with Crippen molar-refractivity contribution in [2.45, 2.75) is 33.2 Å². The van der Waals surface area contributed by atoms with E-state index in [1.807, 2.05) is 26.1 Å². The summed E-state index contributed by atoms with van der Waals surface area (Å²) >= 11 is 0. The van der Waals surface area contributed by atoms with Gasteiger partial charge < -0.3 is 9.32 Å². The quantitative estimate of drug-likeness (QED) is 0.808. The number of likely N-dealkylation sites (tertiary alicyclic amines) is 1. The van der Waals surface area contributed by atoms with Gasteiger partial charge in [0, 0.05) is 45.5 Å². The van der Waals surface area contributed by atoms with Crippen molar-refractivity contribution in [3.63, 3.8) is 0 Å². The first-order valence-corrected chi connectivity index (χ1v) is 10.2. The van der Waals surface area contributed by atoms with E-state index >= 15 is 0 Å². The van der Waals surface area contributed by atoms with Gasteiger partial charge in [0.25, 0.3) is 0 Å². The molecule has 2 fully saturated rings. The lowest BCUT2D eigenvalue weighted by molar-refractivity contribution is 0.117. The molecule has 27 heavy (non-hydrogen) atoms. The molecule has 2 aliphatic rings. The number of hydrogen-bond acceptors (Lipinski definition) is 6. The zero-order valence-corrected chi connectivity index (χ0v) is 16.6. The maximum atomic E-state index is 5.78. The molecule has 4 heterocycles. The summed E-state index contributed by atoms with van der Waals surface area (Å²) in [5.41, 5.74) is 1.02. The molecule has 146 valence electrons. The summed E-state index contributed by atoms with van der Waals surface area (Å²) < 4.78 is 5.78. The highest BCUT2D eigenvalue weighted by Crippen LogP contribution is 2.21. The topological polar surface area (TPSA) is 48.6 Å². The Morgan fingerprint density at radius 3 is 2.63 bits per heavy atom. The Morgan fingerprint density at radius 1 is 1.07 bits per heavy atom. The largest absolute Gasteiger partial charge is 0.444 e. The van der Waals surface area contributed by atoms with Crippen LogP contribution in [-0.2, 0) is 6.54 Å². The predicted octanol–water partition coefficient (Wildman–Crippen LogP) is 2.72. The zero-order valence-electron chi connectivity index (χ0n) is 16.6. The molecule has 0 N–H and O–H groups in total. The molecule has 0 spiro atoms. The van der Waals surface area contributed by atoms with Crippen molar-refractivity contribution in [1.29, 1.82) is 0 Å². The second-order valence-corrected chi connectivity index (χ2v) is 7.97. The van der Waals surface area contributed by atoms with E-state index in [0.717, 1.165) is 74.9 Å². The second kappa shape index (κ2) is 8.40. The maximum Gasteiger partial charge on any atom is 0.208 e. The Hall–Kier alpha value is -1.92. The normalized spacial score (nSPS) is 22.3. The van der Waals surface area contributed by atoms with Crippen molar-refractivity contribution >= 4 is 5.82 Å². The fourth-order valence-corrected chi connectivity index (χ4v) is 4.31. The summed E-state index contributed by atoms with van der Waals surface area (Å²) in [5.74, 6) is 3.67. The smallest absolute Gasteiger partial charge is 0.208 e. The van der Waals surface area contributed by atoms with Crippen LogP contribution in [0.1, 0.15) is 30.2 Å². The SMILES string of the molecule is Cc1nc(CN2CCCC(CN3CCN(c4ccccn4)CC3)C2)oc1C. The van der Waals surface area contributed by atoms with E-state index in [2.05, 4.69) is 36.8 Å². The Bertz CT molecular complexity index is 704. The lowest BCUT2D eigenvalue weighted by Crippen LogP contribution is -2.49. The van der Waals surface area contributed by atoms with E-state index in [1.54, 1.807) is 0 Å². The molecular weight excluding hydrogens is 338 g/mol. The van der Waals surface area contributed by atoms with Crippen LogP contribution in [0.25, 0.3) is 0 Å². The number of nitrogens with zero attached hydrogens (tertiary/aromatic N) is 5. The summed E-state index contributed by atoms with van der Waals surface area (Å²) in [6, 6.07) is 6.17. The molecule has 6 nitrogen and oxygen atoms in total. The molecule has 2 aliphatic heterocycles. The van der Waals surface area contributed by atoms with E-state index in [4.69, 9.17) is 4.42 Å². The number of piperazine rings is 1. The van der Waals surface area contributed by atoms with Crippen LogP contribution in [0.2, 0.25) is 0 Å². The summed E-state index contributed by atoms with van der Waals surface area (Å²) in [6.45, 7) is 12.8. The summed E-state index contributed by atoms with van der Waals surface area (Å²) in [4.78, 5) is 16.6. The van der Waals surface area contributed by atoms with E-state index < -0.39 is 0 Å². The third-order valence-electron chi connectivity index (χ3n) is 5.90. The first-order chi connectivity index (χ1) is 13.2. The van der Waals surface area contributed by atoms with Crippen molar-refractivity contribution in [1.82, 2.24) is 19.8 Å². The summed E-state index contributed by atoms with van der Waals surface area (Å²) in [7, 11) is 0. The van der Waals surface area contributed by atoms with Gasteiger partial charge in [-0.2, -0.15) is 0 Å². The number of hydrogen-bond donors (Lipinski definition) is 0. The van der Waals surface area contributed by atoms with Crippen LogP contribution in [0.3, 0.4) is 0 Å². The van der Waals surface area contributed by atoms with Gasteiger partial charge in [-0.05, 0) is 51.3 Å². The standard InChI is InChI=1S/C21H31N5O/c1-17-18(2)27-21(23-17)16-25-9-5-6-19(15-25)14-24-10-12-26(13-11-24)20-7-3-4-8-22-20/h3-4,7-8,19H,5-6,9-16H2,1-2H3. The molecule has 4 rings (SSSR count). The Balaban J connectivity index is 1.25. The third kappa shape index (κ3) is 4.68. The number of piperidine rings is 1. The van der Waals surface area contributed by atoms with Crippen molar-refractivity contribution in [3.05, 3.63) is 41.7 Å². The second-order valence-electron chi connectivity index (χ2n) is 7.97. The van der Waals surface area contributed by atoms with Gasteiger partial charge in [0.15, 0.2) is 0 Å². The van der Waals surface area contributed by atoms with E-state index in [1.165, 1.54) is 19.4 Å². The number of aromatic nitrogens is 2. The predicted molar refractivity (Wildman–Crippen MR) is 107 cm³/mol. The minimum atomic E-state index is 0.748. The molecule has 0 radical (unpaired) electrons. The lowest BCUT2D eigenvalue weighted by atomic mass is 9.97. The first kappa shape index (κ1) is 18.4. The minimum absolute atomic E-state index is 0.748. The van der Waals surface area contributed by atoms with Crippen LogP contribution < -0.4 is 4.90 Å². The van der Waals surface area contributed by atoms with Gasteiger partial charge in [-0.3, -0.25) is 9.80 Å². The molecule has 0 bridgehead atoms. The van der Waals surface area contributed by atoms with E-state index in [9.17, 15) is 0 Å². The molecule has 0 amide bonds. The molecule has 2 aromatic heterocycles.